The molecule has 0 bridgehead atoms. The number of carbonyl (C=O) groups excluding carboxylic acids is 1. The van der Waals surface area contributed by atoms with Gasteiger partial charge in [0.2, 0.25) is 5.91 Å². The largest absolute Gasteiger partial charge is 0.325 e. The van der Waals surface area contributed by atoms with E-state index in [2.05, 4.69) is 47.8 Å². The number of anilines is 1. The molecule has 0 saturated heterocycles. The number of fused-ring (bicyclic) bond motifs is 2. The third-order valence-corrected chi connectivity index (χ3v) is 5.85. The summed E-state index contributed by atoms with van der Waals surface area (Å²) < 4.78 is 0. The van der Waals surface area contributed by atoms with Gasteiger partial charge in [0, 0.05) is 17.0 Å². The number of benzene rings is 2. The molecular weight excluding hydrogens is 318 g/mol. The van der Waals surface area contributed by atoms with Gasteiger partial charge in [-0.3, -0.25) is 4.79 Å². The van der Waals surface area contributed by atoms with Crippen LogP contribution >= 0.6 is 0 Å². The summed E-state index contributed by atoms with van der Waals surface area (Å²) in [5, 5.41) is 5.51. The highest BCUT2D eigenvalue weighted by atomic mass is 16.2. The van der Waals surface area contributed by atoms with Crippen LogP contribution in [0.2, 0.25) is 0 Å². The molecule has 1 fully saturated rings. The smallest absolute Gasteiger partial charge is 0.228 e. The van der Waals surface area contributed by atoms with Crippen LogP contribution in [0.5, 0.6) is 0 Å². The lowest BCUT2D eigenvalue weighted by atomic mass is 10.1. The number of carbonyl (C=O) groups is 1. The molecule has 0 radical (unpaired) electrons. The Balaban J connectivity index is 1.47. The SMILES string of the molecule is O=C(Nc1cccc2ccccc12)C1[C@H]2CC/C=C\CC/C=C/CC[C@H]12. The van der Waals surface area contributed by atoms with Crippen LogP contribution in [-0.2, 0) is 4.79 Å². The third-order valence-electron chi connectivity index (χ3n) is 5.85. The fourth-order valence-corrected chi connectivity index (χ4v) is 4.41. The molecule has 4 rings (SSSR count). The predicted molar refractivity (Wildman–Crippen MR) is 109 cm³/mol. The predicted octanol–water partition coefficient (Wildman–Crippen LogP) is 6.11. The zero-order chi connectivity index (χ0) is 17.8. The van der Waals surface area contributed by atoms with Crippen molar-refractivity contribution in [2.75, 3.05) is 5.32 Å². The lowest BCUT2D eigenvalue weighted by Crippen LogP contribution is -2.16. The van der Waals surface area contributed by atoms with Gasteiger partial charge in [0.05, 0.1) is 0 Å². The summed E-state index contributed by atoms with van der Waals surface area (Å²) >= 11 is 0. The summed E-state index contributed by atoms with van der Waals surface area (Å²) in [7, 11) is 0. The highest BCUT2D eigenvalue weighted by molar-refractivity contribution is 6.03. The Bertz CT molecular complexity index is 806. The second kappa shape index (κ2) is 7.90. The third kappa shape index (κ3) is 3.75. The molecule has 2 nitrogen and oxygen atoms in total. The first-order valence-electron chi connectivity index (χ1n) is 9.93. The summed E-state index contributed by atoms with van der Waals surface area (Å²) in [5.74, 6) is 1.47. The number of amides is 1. The molecule has 26 heavy (non-hydrogen) atoms. The monoisotopic (exact) mass is 345 g/mol. The van der Waals surface area contributed by atoms with Gasteiger partial charge in [-0.15, -0.1) is 0 Å². The van der Waals surface area contributed by atoms with E-state index in [4.69, 9.17) is 0 Å². The molecule has 2 aromatic carbocycles. The number of allylic oxidation sites excluding steroid dienone is 4. The fraction of sp³-hybridized carbons (Fsp3) is 0.375. The van der Waals surface area contributed by atoms with E-state index in [1.165, 1.54) is 5.39 Å². The molecule has 2 aliphatic rings. The Morgan fingerprint density at radius 3 is 2.12 bits per heavy atom. The van der Waals surface area contributed by atoms with E-state index < -0.39 is 0 Å². The van der Waals surface area contributed by atoms with Crippen molar-refractivity contribution < 1.29 is 4.79 Å². The van der Waals surface area contributed by atoms with E-state index in [0.29, 0.717) is 11.8 Å². The van der Waals surface area contributed by atoms with Crippen molar-refractivity contribution in [2.45, 2.75) is 38.5 Å². The van der Waals surface area contributed by atoms with Crippen molar-refractivity contribution in [1.82, 2.24) is 0 Å². The first kappa shape index (κ1) is 17.1. The van der Waals surface area contributed by atoms with E-state index in [1.54, 1.807) is 0 Å². The molecular formula is C24H27NO. The number of nitrogens with one attached hydrogen (secondary N) is 1. The normalized spacial score (nSPS) is 28.2. The molecule has 1 saturated carbocycles. The van der Waals surface area contributed by atoms with Gasteiger partial charge in [0.1, 0.15) is 0 Å². The molecule has 0 spiro atoms. The topological polar surface area (TPSA) is 29.1 Å². The Kier molecular flexibility index (Phi) is 5.19. The minimum absolute atomic E-state index is 0.177. The first-order valence-corrected chi connectivity index (χ1v) is 9.93. The molecule has 1 amide bonds. The quantitative estimate of drug-likeness (QED) is 0.654. The van der Waals surface area contributed by atoms with Crippen molar-refractivity contribution in [3.8, 4) is 0 Å². The van der Waals surface area contributed by atoms with Gasteiger partial charge < -0.3 is 5.32 Å². The summed E-state index contributed by atoms with van der Waals surface area (Å²) in [4.78, 5) is 13.0. The van der Waals surface area contributed by atoms with E-state index in [-0.39, 0.29) is 11.8 Å². The molecule has 2 heteroatoms. The maximum Gasteiger partial charge on any atom is 0.228 e. The average Bonchev–Trinajstić information content (AvgIpc) is 3.34. The van der Waals surface area contributed by atoms with Gasteiger partial charge in [0.25, 0.3) is 0 Å². The maximum atomic E-state index is 13.0. The molecule has 0 aromatic heterocycles. The van der Waals surface area contributed by atoms with E-state index in [1.807, 2.05) is 24.3 Å². The molecule has 1 N–H and O–H groups in total. The van der Waals surface area contributed by atoms with Crippen LogP contribution in [0.25, 0.3) is 10.8 Å². The highest BCUT2D eigenvalue weighted by Gasteiger charge is 2.52. The Morgan fingerprint density at radius 1 is 0.769 bits per heavy atom. The standard InChI is InChI=1S/C24H27NO/c26-24(25-22-17-11-13-18-12-9-10-14-19(18)22)23-20-15-7-5-3-1-2-4-6-8-16-21(20)23/h3-6,9-14,17,20-21,23H,1-2,7-8,15-16H2,(H,25,26)/b5-3-,6-4+/t20-,21-,23?/m0/s1. The molecule has 3 atom stereocenters. The minimum atomic E-state index is 0.177. The Labute approximate surface area is 156 Å². The summed E-state index contributed by atoms with van der Waals surface area (Å²) in [6.07, 6.45) is 15.9. The second-order valence-corrected chi connectivity index (χ2v) is 7.54. The van der Waals surface area contributed by atoms with Crippen LogP contribution in [0.15, 0.2) is 66.8 Å². The highest BCUT2D eigenvalue weighted by Crippen LogP contribution is 2.52. The van der Waals surface area contributed by atoms with Gasteiger partial charge in [-0.25, -0.2) is 0 Å². The van der Waals surface area contributed by atoms with Crippen LogP contribution in [-0.4, -0.2) is 5.91 Å². The lowest BCUT2D eigenvalue weighted by molar-refractivity contribution is -0.117. The van der Waals surface area contributed by atoms with Gasteiger partial charge in [-0.2, -0.15) is 0 Å². The van der Waals surface area contributed by atoms with Crippen molar-refractivity contribution in [3.05, 3.63) is 66.8 Å². The van der Waals surface area contributed by atoms with Crippen LogP contribution in [0.1, 0.15) is 38.5 Å². The molecule has 134 valence electrons. The summed E-state index contributed by atoms with van der Waals surface area (Å²) in [5.41, 5.74) is 0.940. The van der Waals surface area contributed by atoms with Gasteiger partial charge >= 0.3 is 0 Å². The fourth-order valence-electron chi connectivity index (χ4n) is 4.41. The van der Waals surface area contributed by atoms with Gasteiger partial charge in [-0.1, -0.05) is 60.7 Å². The van der Waals surface area contributed by atoms with Crippen molar-refractivity contribution in [2.24, 2.45) is 17.8 Å². The van der Waals surface area contributed by atoms with Crippen molar-refractivity contribution in [3.63, 3.8) is 0 Å². The maximum absolute atomic E-state index is 13.0. The van der Waals surface area contributed by atoms with Crippen molar-refractivity contribution in [1.29, 1.82) is 0 Å². The molecule has 1 unspecified atom stereocenters. The Hall–Kier alpha value is -2.35. The van der Waals surface area contributed by atoms with E-state index in [9.17, 15) is 4.79 Å². The molecule has 0 heterocycles. The molecule has 2 aromatic rings. The van der Waals surface area contributed by atoms with Crippen LogP contribution in [0.3, 0.4) is 0 Å². The Morgan fingerprint density at radius 2 is 1.38 bits per heavy atom. The zero-order valence-electron chi connectivity index (χ0n) is 15.2. The average molecular weight is 345 g/mol. The molecule has 2 aliphatic carbocycles. The van der Waals surface area contributed by atoms with E-state index in [0.717, 1.165) is 49.6 Å². The van der Waals surface area contributed by atoms with Crippen LogP contribution in [0, 0.1) is 17.8 Å². The van der Waals surface area contributed by atoms with Gasteiger partial charge in [-0.05, 0) is 61.8 Å². The number of rotatable bonds is 2. The molecule has 0 aliphatic heterocycles. The number of hydrogen-bond donors (Lipinski definition) is 1. The minimum Gasteiger partial charge on any atom is -0.325 e. The van der Waals surface area contributed by atoms with Gasteiger partial charge in [0.15, 0.2) is 0 Å². The lowest BCUT2D eigenvalue weighted by Gasteiger charge is -2.09. The van der Waals surface area contributed by atoms with Crippen LogP contribution in [0.4, 0.5) is 5.69 Å². The summed E-state index contributed by atoms with van der Waals surface area (Å²) in [6.45, 7) is 0. The number of hydrogen-bond acceptors (Lipinski definition) is 1. The van der Waals surface area contributed by atoms with E-state index >= 15 is 0 Å². The first-order chi connectivity index (χ1) is 12.8. The summed E-state index contributed by atoms with van der Waals surface area (Å²) in [6, 6.07) is 14.4. The van der Waals surface area contributed by atoms with Crippen molar-refractivity contribution >= 4 is 22.4 Å². The zero-order valence-corrected chi connectivity index (χ0v) is 15.2. The van der Waals surface area contributed by atoms with Crippen LogP contribution < -0.4 is 5.32 Å². The second-order valence-electron chi connectivity index (χ2n) is 7.54.